The molecule has 0 bridgehead atoms. The average Bonchev–Trinajstić information content (AvgIpc) is 3.44. The number of hydrogen-bond acceptors (Lipinski definition) is 6. The number of carbonyl (C=O) groups is 1. The molecule has 0 N–H and O–H groups in total. The van der Waals surface area contributed by atoms with E-state index >= 15 is 0 Å². The first-order chi connectivity index (χ1) is 14.5. The van der Waals surface area contributed by atoms with Gasteiger partial charge in [0.1, 0.15) is 6.33 Å². The van der Waals surface area contributed by atoms with Crippen LogP contribution in [0.1, 0.15) is 28.8 Å². The number of carbonyl (C=O) groups excluding carboxylic acids is 1. The second-order valence-electron chi connectivity index (χ2n) is 6.83. The Hall–Kier alpha value is -3.56. The first-order valence-corrected chi connectivity index (χ1v) is 9.31. The molecule has 1 aliphatic rings. The highest BCUT2D eigenvalue weighted by Crippen LogP contribution is 2.33. The van der Waals surface area contributed by atoms with Crippen molar-refractivity contribution in [1.82, 2.24) is 25.1 Å². The van der Waals surface area contributed by atoms with Crippen molar-refractivity contribution >= 4 is 5.91 Å². The van der Waals surface area contributed by atoms with Crippen molar-refractivity contribution in [2.75, 3.05) is 7.11 Å². The van der Waals surface area contributed by atoms with Crippen LogP contribution in [0.4, 0.5) is 8.78 Å². The summed E-state index contributed by atoms with van der Waals surface area (Å²) in [5.41, 5.74) is 2.05. The fraction of sp³-hybridized carbons (Fsp3) is 0.300. The van der Waals surface area contributed by atoms with Crippen molar-refractivity contribution in [3.63, 3.8) is 0 Å². The van der Waals surface area contributed by atoms with Crippen molar-refractivity contribution in [3.8, 4) is 17.2 Å². The number of amides is 1. The van der Waals surface area contributed by atoms with Crippen LogP contribution in [0, 0.1) is 0 Å². The van der Waals surface area contributed by atoms with Crippen LogP contribution in [0.15, 0.2) is 48.8 Å². The average molecular weight is 415 g/mol. The number of ether oxygens (including phenoxy) is 2. The predicted molar refractivity (Wildman–Crippen MR) is 102 cm³/mol. The lowest BCUT2D eigenvalue weighted by molar-refractivity contribution is -0.0512. The zero-order valence-corrected chi connectivity index (χ0v) is 16.1. The Bertz CT molecular complexity index is 1010. The molecule has 3 aromatic rings. The van der Waals surface area contributed by atoms with Gasteiger partial charge in [0.25, 0.3) is 5.91 Å². The number of methoxy groups -OCH3 is 1. The van der Waals surface area contributed by atoms with Crippen LogP contribution in [-0.2, 0) is 6.54 Å². The van der Waals surface area contributed by atoms with Crippen molar-refractivity contribution < 1.29 is 23.0 Å². The van der Waals surface area contributed by atoms with Gasteiger partial charge in [-0.05, 0) is 65.2 Å². The fourth-order valence-electron chi connectivity index (χ4n) is 3.16. The Morgan fingerprint density at radius 2 is 1.97 bits per heavy atom. The van der Waals surface area contributed by atoms with Crippen molar-refractivity contribution in [3.05, 3.63) is 59.9 Å². The number of hydrogen-bond donors (Lipinski definition) is 0. The second-order valence-corrected chi connectivity index (χ2v) is 6.83. The zero-order chi connectivity index (χ0) is 21.1. The molecule has 0 unspecified atom stereocenters. The molecule has 10 heteroatoms. The van der Waals surface area contributed by atoms with Crippen LogP contribution < -0.4 is 9.47 Å². The smallest absolute Gasteiger partial charge is 0.387 e. The van der Waals surface area contributed by atoms with Gasteiger partial charge in [0.15, 0.2) is 11.5 Å². The molecule has 0 radical (unpaired) electrons. The summed E-state index contributed by atoms with van der Waals surface area (Å²) in [5, 5.41) is 11.0. The SMILES string of the molecule is COc1cc(CN(C(=O)c2ccc(-n3cnnn3)cc2)C2CC2)ccc1OC(F)F. The third-order valence-corrected chi connectivity index (χ3v) is 4.77. The summed E-state index contributed by atoms with van der Waals surface area (Å²) in [6.45, 7) is -2.60. The Morgan fingerprint density at radius 1 is 1.20 bits per heavy atom. The molecule has 4 rings (SSSR count). The van der Waals surface area contributed by atoms with E-state index in [1.165, 1.54) is 24.2 Å². The molecule has 0 atom stereocenters. The standard InChI is InChI=1S/C20H19F2N5O3/c1-29-18-10-13(2-9-17(18)30-20(21)22)11-26(15-7-8-15)19(28)14-3-5-16(6-4-14)27-12-23-24-25-27/h2-6,9-10,12,15,20H,7-8,11H2,1H3. The number of rotatable bonds is 8. The number of nitrogens with zero attached hydrogens (tertiary/aromatic N) is 5. The van der Waals surface area contributed by atoms with Crippen LogP contribution in [0.3, 0.4) is 0 Å². The Labute approximate surface area is 171 Å². The van der Waals surface area contributed by atoms with E-state index < -0.39 is 6.61 Å². The lowest BCUT2D eigenvalue weighted by Gasteiger charge is -2.23. The van der Waals surface area contributed by atoms with Gasteiger partial charge in [-0.1, -0.05) is 6.07 Å². The molecule has 0 spiro atoms. The number of halogens is 2. The van der Waals surface area contributed by atoms with Crippen LogP contribution in [-0.4, -0.2) is 50.8 Å². The third-order valence-electron chi connectivity index (χ3n) is 4.77. The minimum atomic E-state index is -2.94. The van der Waals surface area contributed by atoms with Gasteiger partial charge in [-0.15, -0.1) is 5.10 Å². The van der Waals surface area contributed by atoms with Gasteiger partial charge in [0.05, 0.1) is 12.8 Å². The van der Waals surface area contributed by atoms with E-state index in [4.69, 9.17) is 4.74 Å². The van der Waals surface area contributed by atoms with E-state index in [0.717, 1.165) is 24.1 Å². The summed E-state index contributed by atoms with van der Waals surface area (Å²) in [6, 6.07) is 11.9. The minimum absolute atomic E-state index is 0.0428. The highest BCUT2D eigenvalue weighted by Gasteiger charge is 2.33. The van der Waals surface area contributed by atoms with E-state index in [1.54, 1.807) is 41.3 Å². The van der Waals surface area contributed by atoms with Crippen molar-refractivity contribution in [1.29, 1.82) is 0 Å². The number of benzene rings is 2. The molecular formula is C20H19F2N5O3. The molecule has 8 nitrogen and oxygen atoms in total. The molecule has 156 valence electrons. The van der Waals surface area contributed by atoms with E-state index in [-0.39, 0.29) is 23.4 Å². The summed E-state index contributed by atoms with van der Waals surface area (Å²) >= 11 is 0. The molecule has 1 amide bonds. The second kappa shape index (κ2) is 8.44. The van der Waals surface area contributed by atoms with Gasteiger partial charge in [0, 0.05) is 18.2 Å². The highest BCUT2D eigenvalue weighted by atomic mass is 19.3. The summed E-state index contributed by atoms with van der Waals surface area (Å²) in [7, 11) is 1.38. The maximum atomic E-state index is 13.1. The maximum Gasteiger partial charge on any atom is 0.387 e. The number of alkyl halides is 2. The van der Waals surface area contributed by atoms with Gasteiger partial charge in [-0.2, -0.15) is 8.78 Å². The van der Waals surface area contributed by atoms with Gasteiger partial charge >= 0.3 is 6.61 Å². The molecule has 1 heterocycles. The van der Waals surface area contributed by atoms with Gasteiger partial charge in [0.2, 0.25) is 0 Å². The molecule has 30 heavy (non-hydrogen) atoms. The molecule has 1 saturated carbocycles. The zero-order valence-electron chi connectivity index (χ0n) is 16.1. The third kappa shape index (κ3) is 4.37. The van der Waals surface area contributed by atoms with Gasteiger partial charge in [-0.3, -0.25) is 4.79 Å². The lowest BCUT2D eigenvalue weighted by Crippen LogP contribution is -2.32. The van der Waals surface area contributed by atoms with E-state index in [1.807, 2.05) is 0 Å². The molecule has 1 aliphatic carbocycles. The monoisotopic (exact) mass is 415 g/mol. The highest BCUT2D eigenvalue weighted by molar-refractivity contribution is 5.94. The largest absolute Gasteiger partial charge is 0.493 e. The lowest BCUT2D eigenvalue weighted by atomic mass is 10.1. The maximum absolute atomic E-state index is 13.1. The Balaban J connectivity index is 1.52. The molecule has 0 saturated heterocycles. The number of aromatic nitrogens is 4. The van der Waals surface area contributed by atoms with E-state index in [0.29, 0.717) is 12.1 Å². The summed E-state index contributed by atoms with van der Waals surface area (Å²) in [6.07, 6.45) is 3.33. The van der Waals surface area contributed by atoms with Crippen LogP contribution >= 0.6 is 0 Å². The topological polar surface area (TPSA) is 82.4 Å². The van der Waals surface area contributed by atoms with Gasteiger partial charge in [-0.25, -0.2) is 4.68 Å². The first-order valence-electron chi connectivity index (χ1n) is 9.31. The number of tetrazole rings is 1. The van der Waals surface area contributed by atoms with Crippen LogP contribution in [0.25, 0.3) is 5.69 Å². The summed E-state index contributed by atoms with van der Waals surface area (Å²) < 4.78 is 36.2. The Kier molecular flexibility index (Phi) is 5.55. The Morgan fingerprint density at radius 3 is 2.57 bits per heavy atom. The molecular weight excluding hydrogens is 396 g/mol. The molecule has 1 aromatic heterocycles. The minimum Gasteiger partial charge on any atom is -0.493 e. The van der Waals surface area contributed by atoms with Crippen LogP contribution in [0.5, 0.6) is 11.5 Å². The summed E-state index contributed by atoms with van der Waals surface area (Å²) in [4.78, 5) is 14.9. The molecule has 2 aromatic carbocycles. The first kappa shape index (κ1) is 19.7. The normalized spacial score (nSPS) is 13.3. The molecule has 0 aliphatic heterocycles. The predicted octanol–water partition coefficient (Wildman–Crippen LogP) is 3.08. The van der Waals surface area contributed by atoms with Crippen LogP contribution in [0.2, 0.25) is 0 Å². The van der Waals surface area contributed by atoms with Crippen molar-refractivity contribution in [2.45, 2.75) is 32.0 Å². The van der Waals surface area contributed by atoms with Crippen molar-refractivity contribution in [2.24, 2.45) is 0 Å². The van der Waals surface area contributed by atoms with Gasteiger partial charge < -0.3 is 14.4 Å². The summed E-state index contributed by atoms with van der Waals surface area (Å²) in [5.74, 6) is 0.0492. The quantitative estimate of drug-likeness (QED) is 0.562. The molecule has 1 fully saturated rings. The van der Waals surface area contributed by atoms with E-state index in [2.05, 4.69) is 20.3 Å². The fourth-order valence-corrected chi connectivity index (χ4v) is 3.16. The van der Waals surface area contributed by atoms with E-state index in [9.17, 15) is 13.6 Å².